The van der Waals surface area contributed by atoms with E-state index in [2.05, 4.69) is 5.32 Å². The average Bonchev–Trinajstić information content (AvgIpc) is 2.90. The second-order valence-electron chi connectivity index (χ2n) is 6.71. The molecule has 3 rings (SSSR count). The van der Waals surface area contributed by atoms with Gasteiger partial charge in [-0.1, -0.05) is 18.2 Å². The predicted octanol–water partition coefficient (Wildman–Crippen LogP) is 2.02. The van der Waals surface area contributed by atoms with Gasteiger partial charge in [-0.2, -0.15) is 0 Å². The molecule has 1 saturated heterocycles. The molecule has 0 aliphatic carbocycles. The zero-order valence-electron chi connectivity index (χ0n) is 13.8. The van der Waals surface area contributed by atoms with Gasteiger partial charge in [0.25, 0.3) is 5.91 Å². The summed E-state index contributed by atoms with van der Waals surface area (Å²) >= 11 is 1.59. The van der Waals surface area contributed by atoms with Gasteiger partial charge in [0.2, 0.25) is 5.91 Å². The molecule has 1 aromatic carbocycles. The summed E-state index contributed by atoms with van der Waals surface area (Å²) in [7, 11) is 0. The van der Waals surface area contributed by atoms with Crippen molar-refractivity contribution in [2.24, 2.45) is 0 Å². The van der Waals surface area contributed by atoms with Crippen molar-refractivity contribution in [2.45, 2.75) is 42.9 Å². The fourth-order valence-electron chi connectivity index (χ4n) is 3.36. The van der Waals surface area contributed by atoms with E-state index in [1.54, 1.807) is 29.7 Å². The lowest BCUT2D eigenvalue weighted by Gasteiger charge is -2.40. The van der Waals surface area contributed by atoms with Crippen molar-refractivity contribution in [1.29, 1.82) is 0 Å². The first kappa shape index (κ1) is 16.8. The third-order valence-corrected chi connectivity index (χ3v) is 6.71. The highest BCUT2D eigenvalue weighted by atomic mass is 32.2. The molecule has 2 amide bonds. The van der Waals surface area contributed by atoms with Crippen molar-refractivity contribution < 1.29 is 19.5 Å². The monoisotopic (exact) mass is 348 g/mol. The lowest BCUT2D eigenvalue weighted by atomic mass is 9.84. The number of carboxylic acid groups (broad SMARTS) is 1. The molecule has 2 aliphatic heterocycles. The Morgan fingerprint density at radius 1 is 1.29 bits per heavy atom. The molecule has 1 unspecified atom stereocenters. The summed E-state index contributed by atoms with van der Waals surface area (Å²) in [4.78, 5) is 38.1. The number of carboxylic acids is 1. The summed E-state index contributed by atoms with van der Waals surface area (Å²) in [6, 6.07) is 7.42. The normalized spacial score (nSPS) is 26.9. The van der Waals surface area contributed by atoms with E-state index in [4.69, 9.17) is 5.11 Å². The fourth-order valence-corrected chi connectivity index (χ4v) is 5.08. The molecule has 0 radical (unpaired) electrons. The standard InChI is InChI=1S/C17H20N2O4S/c1-16(2)17(3,15(23)18-9-8-12(20)21)19-13(22)10-6-4-5-7-11(10)14(19)24-16/h4-7,14H,8-9H2,1-3H3,(H,18,23)(H,20,21)/t14?,17-/m1/s1. The Morgan fingerprint density at radius 2 is 1.96 bits per heavy atom. The molecular formula is C17H20N2O4S. The number of hydrogen-bond acceptors (Lipinski definition) is 4. The summed E-state index contributed by atoms with van der Waals surface area (Å²) in [6.45, 7) is 5.70. The largest absolute Gasteiger partial charge is 0.481 e. The summed E-state index contributed by atoms with van der Waals surface area (Å²) in [6.07, 6.45) is -0.146. The van der Waals surface area contributed by atoms with Crippen LogP contribution in [0, 0.1) is 0 Å². The van der Waals surface area contributed by atoms with E-state index in [0.717, 1.165) is 5.56 Å². The Balaban J connectivity index is 1.94. The Hall–Kier alpha value is -2.02. The number of carbonyl (C=O) groups is 3. The molecule has 0 spiro atoms. The third-order valence-electron chi connectivity index (χ3n) is 5.04. The lowest BCUT2D eigenvalue weighted by Crippen LogP contribution is -2.63. The lowest BCUT2D eigenvalue weighted by molar-refractivity contribution is -0.137. The van der Waals surface area contributed by atoms with Crippen molar-refractivity contribution >= 4 is 29.5 Å². The number of hydrogen-bond donors (Lipinski definition) is 2. The van der Waals surface area contributed by atoms with Crippen molar-refractivity contribution in [1.82, 2.24) is 10.2 Å². The van der Waals surface area contributed by atoms with Crippen molar-refractivity contribution in [3.63, 3.8) is 0 Å². The van der Waals surface area contributed by atoms with Gasteiger partial charge in [0.15, 0.2) is 0 Å². The number of amides is 2. The summed E-state index contributed by atoms with van der Waals surface area (Å²) in [5.74, 6) is -1.43. The average molecular weight is 348 g/mol. The van der Waals surface area contributed by atoms with Crippen LogP contribution in [0.4, 0.5) is 0 Å². The number of rotatable bonds is 4. The van der Waals surface area contributed by atoms with Gasteiger partial charge in [0.05, 0.1) is 6.42 Å². The molecular weight excluding hydrogens is 328 g/mol. The van der Waals surface area contributed by atoms with Gasteiger partial charge < -0.3 is 15.3 Å². The summed E-state index contributed by atoms with van der Waals surface area (Å²) in [5, 5.41) is 11.2. The Kier molecular flexibility index (Phi) is 3.86. The highest BCUT2D eigenvalue weighted by Gasteiger charge is 2.65. The minimum absolute atomic E-state index is 0.0458. The van der Waals surface area contributed by atoms with Crippen LogP contribution in [0.1, 0.15) is 48.5 Å². The predicted molar refractivity (Wildman–Crippen MR) is 90.7 cm³/mol. The van der Waals surface area contributed by atoms with Crippen LogP contribution in [0.3, 0.4) is 0 Å². The Labute approximate surface area is 144 Å². The molecule has 128 valence electrons. The topological polar surface area (TPSA) is 86.7 Å². The van der Waals surface area contributed by atoms with Crippen LogP contribution in [0.2, 0.25) is 0 Å². The highest BCUT2D eigenvalue weighted by Crippen LogP contribution is 2.61. The van der Waals surface area contributed by atoms with Gasteiger partial charge in [-0.15, -0.1) is 11.8 Å². The molecule has 1 aromatic rings. The Morgan fingerprint density at radius 3 is 2.62 bits per heavy atom. The van der Waals surface area contributed by atoms with Crippen LogP contribution in [-0.4, -0.2) is 44.6 Å². The number of fused-ring (bicyclic) bond motifs is 3. The first-order chi connectivity index (χ1) is 11.2. The zero-order valence-corrected chi connectivity index (χ0v) is 14.6. The SMILES string of the molecule is CC1(C)SC2c3ccccc3C(=O)N2[C@]1(C)C(=O)NCCC(=O)O. The molecule has 0 bridgehead atoms. The van der Waals surface area contributed by atoms with Crippen molar-refractivity contribution in [3.05, 3.63) is 35.4 Å². The third kappa shape index (κ3) is 2.22. The minimum Gasteiger partial charge on any atom is -0.481 e. The highest BCUT2D eigenvalue weighted by molar-refractivity contribution is 8.01. The number of aliphatic carboxylic acids is 1. The van der Waals surface area contributed by atoms with Gasteiger partial charge >= 0.3 is 5.97 Å². The first-order valence-corrected chi connectivity index (χ1v) is 8.68. The molecule has 24 heavy (non-hydrogen) atoms. The number of carbonyl (C=O) groups excluding carboxylic acids is 2. The number of nitrogens with zero attached hydrogens (tertiary/aromatic N) is 1. The van der Waals surface area contributed by atoms with E-state index in [-0.39, 0.29) is 30.2 Å². The smallest absolute Gasteiger partial charge is 0.305 e. The minimum atomic E-state index is -1.06. The van der Waals surface area contributed by atoms with Crippen LogP contribution in [0.25, 0.3) is 0 Å². The molecule has 6 nitrogen and oxygen atoms in total. The fraction of sp³-hybridized carbons (Fsp3) is 0.471. The number of thioether (sulfide) groups is 1. The molecule has 2 atom stereocenters. The van der Waals surface area contributed by atoms with E-state index in [0.29, 0.717) is 5.56 Å². The molecule has 7 heteroatoms. The van der Waals surface area contributed by atoms with E-state index in [1.807, 2.05) is 32.0 Å². The number of benzene rings is 1. The molecule has 2 heterocycles. The van der Waals surface area contributed by atoms with Crippen LogP contribution >= 0.6 is 11.8 Å². The molecule has 2 aliphatic rings. The quantitative estimate of drug-likeness (QED) is 0.869. The molecule has 2 N–H and O–H groups in total. The second-order valence-corrected chi connectivity index (χ2v) is 8.42. The van der Waals surface area contributed by atoms with E-state index in [9.17, 15) is 14.4 Å². The van der Waals surface area contributed by atoms with Crippen LogP contribution in [0.15, 0.2) is 24.3 Å². The van der Waals surface area contributed by atoms with Gasteiger partial charge in [0.1, 0.15) is 10.9 Å². The van der Waals surface area contributed by atoms with Crippen LogP contribution in [-0.2, 0) is 9.59 Å². The van der Waals surface area contributed by atoms with E-state index < -0.39 is 16.3 Å². The zero-order chi connectivity index (χ0) is 17.7. The van der Waals surface area contributed by atoms with Crippen LogP contribution in [0.5, 0.6) is 0 Å². The van der Waals surface area contributed by atoms with E-state index >= 15 is 0 Å². The summed E-state index contributed by atoms with van der Waals surface area (Å²) in [5.41, 5.74) is 0.509. The van der Waals surface area contributed by atoms with Gasteiger partial charge in [-0.05, 0) is 32.4 Å². The maximum absolute atomic E-state index is 12.9. The maximum Gasteiger partial charge on any atom is 0.305 e. The molecule has 0 aromatic heterocycles. The maximum atomic E-state index is 12.9. The van der Waals surface area contributed by atoms with Crippen LogP contribution < -0.4 is 5.32 Å². The van der Waals surface area contributed by atoms with Gasteiger partial charge in [-0.25, -0.2) is 0 Å². The molecule has 0 saturated carbocycles. The van der Waals surface area contributed by atoms with Crippen molar-refractivity contribution in [2.75, 3.05) is 6.54 Å². The first-order valence-electron chi connectivity index (χ1n) is 7.80. The second kappa shape index (κ2) is 5.51. The van der Waals surface area contributed by atoms with Crippen molar-refractivity contribution in [3.8, 4) is 0 Å². The van der Waals surface area contributed by atoms with Gasteiger partial charge in [-0.3, -0.25) is 14.4 Å². The number of nitrogens with one attached hydrogen (secondary N) is 1. The van der Waals surface area contributed by atoms with E-state index in [1.165, 1.54) is 0 Å². The Bertz CT molecular complexity index is 733. The summed E-state index contributed by atoms with van der Waals surface area (Å²) < 4.78 is -0.506. The molecule has 1 fully saturated rings. The van der Waals surface area contributed by atoms with Gasteiger partial charge in [0, 0.05) is 16.9 Å².